The molecule has 98 valence electrons. The third kappa shape index (κ3) is 2.76. The first-order valence-electron chi connectivity index (χ1n) is 5.37. The van der Waals surface area contributed by atoms with Crippen LogP contribution >= 0.6 is 0 Å². The van der Waals surface area contributed by atoms with E-state index in [9.17, 15) is 13.2 Å². The lowest BCUT2D eigenvalue weighted by Crippen LogP contribution is -2.40. The number of sulfone groups is 1. The SMILES string of the molecule is COC(=O)c1cnc(N2CCS(=O)(=O)CC2)cn1. The Hall–Kier alpha value is -1.70. The van der Waals surface area contributed by atoms with Gasteiger partial charge in [0.05, 0.1) is 31.0 Å². The molecule has 1 saturated heterocycles. The minimum atomic E-state index is -2.91. The number of hydrogen-bond donors (Lipinski definition) is 0. The van der Waals surface area contributed by atoms with Crippen molar-refractivity contribution in [2.24, 2.45) is 0 Å². The van der Waals surface area contributed by atoms with E-state index < -0.39 is 15.8 Å². The molecule has 0 N–H and O–H groups in total. The van der Waals surface area contributed by atoms with Crippen LogP contribution in [0.25, 0.3) is 0 Å². The van der Waals surface area contributed by atoms with Crippen LogP contribution in [0.2, 0.25) is 0 Å². The van der Waals surface area contributed by atoms with Crippen molar-refractivity contribution in [2.45, 2.75) is 0 Å². The second kappa shape index (κ2) is 4.89. The second-order valence-electron chi connectivity index (χ2n) is 3.89. The van der Waals surface area contributed by atoms with Crippen LogP contribution in [0, 0.1) is 0 Å². The van der Waals surface area contributed by atoms with Gasteiger partial charge in [-0.3, -0.25) is 0 Å². The van der Waals surface area contributed by atoms with Crippen LogP contribution in [0.3, 0.4) is 0 Å². The van der Waals surface area contributed by atoms with Gasteiger partial charge in [0, 0.05) is 13.1 Å². The van der Waals surface area contributed by atoms with E-state index in [0.29, 0.717) is 18.9 Å². The number of carbonyl (C=O) groups excluding carboxylic acids is 1. The van der Waals surface area contributed by atoms with E-state index in [1.54, 1.807) is 0 Å². The molecule has 0 amide bonds. The number of rotatable bonds is 2. The van der Waals surface area contributed by atoms with Crippen molar-refractivity contribution in [3.63, 3.8) is 0 Å². The summed E-state index contributed by atoms with van der Waals surface area (Å²) in [6, 6.07) is 0. The van der Waals surface area contributed by atoms with Crippen LogP contribution in [-0.2, 0) is 14.6 Å². The molecule has 8 heteroatoms. The zero-order valence-corrected chi connectivity index (χ0v) is 10.7. The van der Waals surface area contributed by atoms with Gasteiger partial charge in [-0.15, -0.1) is 0 Å². The van der Waals surface area contributed by atoms with Gasteiger partial charge in [-0.25, -0.2) is 23.2 Å². The molecule has 2 rings (SSSR count). The molecule has 1 aromatic rings. The van der Waals surface area contributed by atoms with Gasteiger partial charge < -0.3 is 9.64 Å². The van der Waals surface area contributed by atoms with Crippen LogP contribution in [0.1, 0.15) is 10.5 Å². The van der Waals surface area contributed by atoms with Crippen molar-refractivity contribution in [2.75, 3.05) is 36.6 Å². The van der Waals surface area contributed by atoms with Gasteiger partial charge in [-0.05, 0) is 0 Å². The van der Waals surface area contributed by atoms with Gasteiger partial charge in [0.2, 0.25) is 0 Å². The first-order valence-corrected chi connectivity index (χ1v) is 7.20. The Morgan fingerprint density at radius 1 is 1.28 bits per heavy atom. The van der Waals surface area contributed by atoms with E-state index in [1.807, 2.05) is 4.90 Å². The maximum Gasteiger partial charge on any atom is 0.358 e. The minimum absolute atomic E-state index is 0.118. The molecule has 2 heterocycles. The van der Waals surface area contributed by atoms with Crippen molar-refractivity contribution in [3.8, 4) is 0 Å². The standard InChI is InChI=1S/C10H13N3O4S/c1-17-10(14)8-6-12-9(7-11-8)13-2-4-18(15,16)5-3-13/h6-7H,2-5H2,1H3. The summed E-state index contributed by atoms with van der Waals surface area (Å²) in [6.07, 6.45) is 2.77. The molecule has 0 unspecified atom stereocenters. The largest absolute Gasteiger partial charge is 0.464 e. The molecule has 1 aromatic heterocycles. The second-order valence-corrected chi connectivity index (χ2v) is 6.19. The quantitative estimate of drug-likeness (QED) is 0.670. The maximum atomic E-state index is 11.3. The summed E-state index contributed by atoms with van der Waals surface area (Å²) in [5.41, 5.74) is 0.130. The molecule has 7 nitrogen and oxygen atoms in total. The summed E-state index contributed by atoms with van der Waals surface area (Å²) in [5, 5.41) is 0. The normalized spacial score (nSPS) is 18.4. The fraction of sp³-hybridized carbons (Fsp3) is 0.500. The lowest BCUT2D eigenvalue weighted by Gasteiger charge is -2.27. The monoisotopic (exact) mass is 271 g/mol. The highest BCUT2D eigenvalue weighted by Gasteiger charge is 2.22. The van der Waals surface area contributed by atoms with Crippen LogP contribution < -0.4 is 4.90 Å². The molecule has 18 heavy (non-hydrogen) atoms. The Bertz CT molecular complexity index is 527. The van der Waals surface area contributed by atoms with Gasteiger partial charge in [0.1, 0.15) is 5.82 Å². The highest BCUT2D eigenvalue weighted by atomic mass is 32.2. The summed E-state index contributed by atoms with van der Waals surface area (Å²) in [5.74, 6) is 0.258. The van der Waals surface area contributed by atoms with E-state index in [0.717, 1.165) is 0 Å². The number of methoxy groups -OCH3 is 1. The van der Waals surface area contributed by atoms with Crippen LogP contribution in [0.15, 0.2) is 12.4 Å². The van der Waals surface area contributed by atoms with E-state index in [1.165, 1.54) is 19.5 Å². The highest BCUT2D eigenvalue weighted by Crippen LogP contribution is 2.13. The zero-order valence-electron chi connectivity index (χ0n) is 9.87. The van der Waals surface area contributed by atoms with Crippen molar-refractivity contribution < 1.29 is 17.9 Å². The molecule has 0 spiro atoms. The Labute approximate surface area is 105 Å². The Morgan fingerprint density at radius 3 is 2.44 bits per heavy atom. The average Bonchev–Trinajstić information content (AvgIpc) is 2.38. The van der Waals surface area contributed by atoms with E-state index in [-0.39, 0.29) is 17.2 Å². The minimum Gasteiger partial charge on any atom is -0.464 e. The molecule has 0 saturated carbocycles. The lowest BCUT2D eigenvalue weighted by molar-refractivity contribution is 0.0593. The number of nitrogens with zero attached hydrogens (tertiary/aromatic N) is 3. The Morgan fingerprint density at radius 2 is 1.94 bits per heavy atom. The van der Waals surface area contributed by atoms with Gasteiger partial charge in [0.15, 0.2) is 15.5 Å². The summed E-state index contributed by atoms with van der Waals surface area (Å²) in [7, 11) is -1.64. The number of anilines is 1. The molecular formula is C10H13N3O4S. The fourth-order valence-electron chi connectivity index (χ4n) is 1.64. The van der Waals surface area contributed by atoms with E-state index in [2.05, 4.69) is 14.7 Å². The summed E-state index contributed by atoms with van der Waals surface area (Å²) < 4.78 is 27.1. The topological polar surface area (TPSA) is 89.5 Å². The van der Waals surface area contributed by atoms with Crippen molar-refractivity contribution >= 4 is 21.6 Å². The molecule has 0 aliphatic carbocycles. The number of aromatic nitrogens is 2. The van der Waals surface area contributed by atoms with Gasteiger partial charge >= 0.3 is 5.97 Å². The van der Waals surface area contributed by atoms with Crippen molar-refractivity contribution in [1.29, 1.82) is 0 Å². The smallest absolute Gasteiger partial charge is 0.358 e. The molecule has 1 fully saturated rings. The molecule has 0 atom stereocenters. The molecule has 1 aliphatic heterocycles. The highest BCUT2D eigenvalue weighted by molar-refractivity contribution is 7.91. The van der Waals surface area contributed by atoms with Gasteiger partial charge in [-0.2, -0.15) is 0 Å². The summed E-state index contributed by atoms with van der Waals surface area (Å²) in [4.78, 5) is 21.0. The predicted octanol–water partition coefficient (Wildman–Crippen LogP) is -0.502. The van der Waals surface area contributed by atoms with Crippen LogP contribution in [0.4, 0.5) is 5.82 Å². The van der Waals surface area contributed by atoms with Gasteiger partial charge in [0.25, 0.3) is 0 Å². The third-order valence-corrected chi connectivity index (χ3v) is 4.31. The van der Waals surface area contributed by atoms with Crippen LogP contribution in [-0.4, -0.2) is 56.1 Å². The Kier molecular flexibility index (Phi) is 3.46. The van der Waals surface area contributed by atoms with Gasteiger partial charge in [-0.1, -0.05) is 0 Å². The zero-order chi connectivity index (χ0) is 13.2. The van der Waals surface area contributed by atoms with E-state index >= 15 is 0 Å². The molecule has 1 aliphatic rings. The average molecular weight is 271 g/mol. The van der Waals surface area contributed by atoms with E-state index in [4.69, 9.17) is 0 Å². The summed E-state index contributed by atoms with van der Waals surface area (Å²) >= 11 is 0. The fourth-order valence-corrected chi connectivity index (χ4v) is 2.84. The predicted molar refractivity (Wildman–Crippen MR) is 64.2 cm³/mol. The van der Waals surface area contributed by atoms with Crippen LogP contribution in [0.5, 0.6) is 0 Å². The first kappa shape index (κ1) is 12.7. The number of esters is 1. The molecular weight excluding hydrogens is 258 g/mol. The lowest BCUT2D eigenvalue weighted by atomic mass is 10.4. The maximum absolute atomic E-state index is 11.3. The third-order valence-electron chi connectivity index (χ3n) is 2.70. The van der Waals surface area contributed by atoms with Crippen molar-refractivity contribution in [1.82, 2.24) is 9.97 Å². The molecule has 0 bridgehead atoms. The summed E-state index contributed by atoms with van der Waals surface area (Å²) in [6.45, 7) is 0.795. The first-order chi connectivity index (χ1) is 8.52. The molecule has 0 aromatic carbocycles. The number of hydrogen-bond acceptors (Lipinski definition) is 7. The Balaban J connectivity index is 2.09. The number of carbonyl (C=O) groups is 1. The number of ether oxygens (including phenoxy) is 1. The molecule has 0 radical (unpaired) electrons. The van der Waals surface area contributed by atoms with Crippen molar-refractivity contribution in [3.05, 3.63) is 18.1 Å².